The van der Waals surface area contributed by atoms with E-state index < -0.39 is 0 Å². The van der Waals surface area contributed by atoms with Gasteiger partial charge in [-0.05, 0) is 18.3 Å². The Hall–Kier alpha value is -0.610. The Morgan fingerprint density at radius 2 is 1.89 bits per heavy atom. The molecule has 0 saturated carbocycles. The van der Waals surface area contributed by atoms with E-state index in [1.165, 1.54) is 0 Å². The predicted octanol–water partition coefficient (Wildman–Crippen LogP) is 1.93. The number of hydrogen-bond acceptors (Lipinski definition) is 3. The number of rotatable bonds is 7. The summed E-state index contributed by atoms with van der Waals surface area (Å²) in [7, 11) is 0. The highest BCUT2D eigenvalue weighted by Crippen LogP contribution is 2.19. The van der Waals surface area contributed by atoms with Gasteiger partial charge in [-0.2, -0.15) is 0 Å². The lowest BCUT2D eigenvalue weighted by Gasteiger charge is -2.28. The Morgan fingerprint density at radius 1 is 1.33 bits per heavy atom. The second-order valence-electron chi connectivity index (χ2n) is 6.25. The van der Waals surface area contributed by atoms with Crippen LogP contribution in [-0.4, -0.2) is 31.2 Å². The molecule has 0 aliphatic heterocycles. The molecule has 0 aromatic rings. The maximum absolute atomic E-state index is 11.9. The monoisotopic (exact) mass is 258 g/mol. The van der Waals surface area contributed by atoms with Crippen LogP contribution in [0.2, 0.25) is 0 Å². The molecule has 4 heteroatoms. The quantitative estimate of drug-likeness (QED) is 0.733. The molecule has 108 valence electrons. The zero-order valence-corrected chi connectivity index (χ0v) is 12.7. The van der Waals surface area contributed by atoms with Gasteiger partial charge in [-0.3, -0.25) is 4.79 Å². The van der Waals surface area contributed by atoms with Crippen LogP contribution in [-0.2, 0) is 9.53 Å². The van der Waals surface area contributed by atoms with Gasteiger partial charge in [-0.25, -0.2) is 0 Å². The fraction of sp³-hybridized carbons (Fsp3) is 0.929. The Morgan fingerprint density at radius 3 is 2.28 bits per heavy atom. The first-order valence-electron chi connectivity index (χ1n) is 6.81. The van der Waals surface area contributed by atoms with E-state index in [0.29, 0.717) is 25.6 Å². The summed E-state index contributed by atoms with van der Waals surface area (Å²) in [5, 5.41) is 3.01. The molecular formula is C14H30N2O2. The zero-order chi connectivity index (χ0) is 14.3. The van der Waals surface area contributed by atoms with Crippen molar-refractivity contribution in [3.63, 3.8) is 0 Å². The lowest BCUT2D eigenvalue weighted by molar-refractivity contribution is -0.123. The van der Waals surface area contributed by atoms with E-state index in [1.807, 2.05) is 27.7 Å². The highest BCUT2D eigenvalue weighted by Gasteiger charge is 2.24. The van der Waals surface area contributed by atoms with Gasteiger partial charge in [0, 0.05) is 19.1 Å². The minimum atomic E-state index is -0.127. The third-order valence-electron chi connectivity index (χ3n) is 3.17. The van der Waals surface area contributed by atoms with Gasteiger partial charge in [0.05, 0.1) is 12.6 Å². The van der Waals surface area contributed by atoms with Crippen molar-refractivity contribution in [2.24, 2.45) is 17.1 Å². The normalized spacial score (nSPS) is 15.6. The molecule has 0 fully saturated rings. The van der Waals surface area contributed by atoms with Crippen LogP contribution in [0.1, 0.15) is 48.0 Å². The minimum absolute atomic E-state index is 0.0100. The maximum atomic E-state index is 11.9. The molecule has 0 spiro atoms. The fourth-order valence-electron chi connectivity index (χ4n) is 1.42. The van der Waals surface area contributed by atoms with Gasteiger partial charge in [0.25, 0.3) is 0 Å². The summed E-state index contributed by atoms with van der Waals surface area (Å²) in [6.07, 6.45) is 0.360. The van der Waals surface area contributed by atoms with Gasteiger partial charge < -0.3 is 15.8 Å². The van der Waals surface area contributed by atoms with Crippen molar-refractivity contribution in [2.45, 2.75) is 60.0 Å². The molecule has 4 nitrogen and oxygen atoms in total. The topological polar surface area (TPSA) is 64.3 Å². The summed E-state index contributed by atoms with van der Waals surface area (Å²) < 4.78 is 5.38. The van der Waals surface area contributed by atoms with Crippen molar-refractivity contribution >= 4 is 5.91 Å². The number of amides is 1. The van der Waals surface area contributed by atoms with E-state index in [-0.39, 0.29) is 23.4 Å². The molecular weight excluding hydrogens is 228 g/mol. The van der Waals surface area contributed by atoms with Gasteiger partial charge in [0.1, 0.15) is 0 Å². The molecule has 0 aromatic carbocycles. The van der Waals surface area contributed by atoms with E-state index in [9.17, 15) is 4.79 Å². The lowest BCUT2D eigenvalue weighted by Crippen LogP contribution is -2.46. The van der Waals surface area contributed by atoms with Crippen LogP contribution in [0.15, 0.2) is 0 Å². The summed E-state index contributed by atoms with van der Waals surface area (Å²) in [5.74, 6) is 0.363. The lowest BCUT2D eigenvalue weighted by atomic mass is 9.85. The second kappa shape index (κ2) is 7.74. The van der Waals surface area contributed by atoms with E-state index >= 15 is 0 Å². The molecule has 0 saturated heterocycles. The number of nitrogens with two attached hydrogens (primary N) is 1. The number of carbonyl (C=O) groups excluding carboxylic acids is 1. The molecule has 2 atom stereocenters. The van der Waals surface area contributed by atoms with Crippen LogP contribution < -0.4 is 11.1 Å². The SMILES string of the molecule is CCOCC(NC(=O)CC(N)C(C)(C)C)C(C)C. The van der Waals surface area contributed by atoms with Crippen LogP contribution in [0.3, 0.4) is 0 Å². The van der Waals surface area contributed by atoms with Crippen molar-refractivity contribution in [1.29, 1.82) is 0 Å². The Bertz CT molecular complexity index is 247. The summed E-state index contributed by atoms with van der Waals surface area (Å²) in [6, 6.07) is -0.0676. The average Bonchev–Trinajstić information content (AvgIpc) is 2.22. The van der Waals surface area contributed by atoms with Gasteiger partial charge in [-0.15, -0.1) is 0 Å². The number of nitrogens with one attached hydrogen (secondary N) is 1. The third-order valence-corrected chi connectivity index (χ3v) is 3.17. The van der Waals surface area contributed by atoms with Gasteiger partial charge in [0.15, 0.2) is 0 Å². The van der Waals surface area contributed by atoms with Crippen LogP contribution in [0.5, 0.6) is 0 Å². The molecule has 2 unspecified atom stereocenters. The summed E-state index contributed by atoms with van der Waals surface area (Å²) in [5.41, 5.74) is 5.96. The maximum Gasteiger partial charge on any atom is 0.221 e. The van der Waals surface area contributed by atoms with E-state index in [2.05, 4.69) is 19.2 Å². The average molecular weight is 258 g/mol. The van der Waals surface area contributed by atoms with Crippen LogP contribution in [0.25, 0.3) is 0 Å². The Labute approximate surface area is 112 Å². The van der Waals surface area contributed by atoms with Crippen LogP contribution in [0, 0.1) is 11.3 Å². The van der Waals surface area contributed by atoms with Crippen molar-refractivity contribution in [3.05, 3.63) is 0 Å². The molecule has 0 bridgehead atoms. The highest BCUT2D eigenvalue weighted by atomic mass is 16.5. The van der Waals surface area contributed by atoms with Gasteiger partial charge >= 0.3 is 0 Å². The molecule has 0 aromatic heterocycles. The third kappa shape index (κ3) is 6.97. The molecule has 0 radical (unpaired) electrons. The fourth-order valence-corrected chi connectivity index (χ4v) is 1.42. The minimum Gasteiger partial charge on any atom is -0.380 e. The molecule has 0 rings (SSSR count). The van der Waals surface area contributed by atoms with Crippen molar-refractivity contribution in [3.8, 4) is 0 Å². The van der Waals surface area contributed by atoms with Gasteiger partial charge in [0.2, 0.25) is 5.91 Å². The molecule has 3 N–H and O–H groups in total. The molecule has 1 amide bonds. The Balaban J connectivity index is 4.26. The van der Waals surface area contributed by atoms with E-state index in [4.69, 9.17) is 10.5 Å². The second-order valence-corrected chi connectivity index (χ2v) is 6.25. The van der Waals surface area contributed by atoms with E-state index in [1.54, 1.807) is 0 Å². The molecule has 0 heterocycles. The summed E-state index contributed by atoms with van der Waals surface area (Å²) in [4.78, 5) is 11.9. The molecule has 18 heavy (non-hydrogen) atoms. The summed E-state index contributed by atoms with van der Waals surface area (Å²) >= 11 is 0. The zero-order valence-electron chi connectivity index (χ0n) is 12.7. The Kier molecular flexibility index (Phi) is 7.48. The number of hydrogen-bond donors (Lipinski definition) is 2. The van der Waals surface area contributed by atoms with Crippen molar-refractivity contribution in [2.75, 3.05) is 13.2 Å². The molecule has 0 aliphatic carbocycles. The predicted molar refractivity (Wildman–Crippen MR) is 75.3 cm³/mol. The van der Waals surface area contributed by atoms with Crippen molar-refractivity contribution in [1.82, 2.24) is 5.32 Å². The first-order valence-corrected chi connectivity index (χ1v) is 6.81. The van der Waals surface area contributed by atoms with Crippen LogP contribution in [0.4, 0.5) is 0 Å². The van der Waals surface area contributed by atoms with Crippen molar-refractivity contribution < 1.29 is 9.53 Å². The smallest absolute Gasteiger partial charge is 0.221 e. The first kappa shape index (κ1) is 17.4. The first-order chi connectivity index (χ1) is 8.18. The standard InChI is InChI=1S/C14H30N2O2/c1-7-18-9-11(10(2)3)16-13(17)8-12(15)14(4,5)6/h10-12H,7-9,15H2,1-6H3,(H,16,17). The number of ether oxygens (including phenoxy) is 1. The molecule has 0 aliphatic rings. The van der Waals surface area contributed by atoms with E-state index in [0.717, 1.165) is 0 Å². The largest absolute Gasteiger partial charge is 0.380 e. The summed E-state index contributed by atoms with van der Waals surface area (Å²) in [6.45, 7) is 13.5. The highest BCUT2D eigenvalue weighted by molar-refractivity contribution is 5.77. The van der Waals surface area contributed by atoms with Gasteiger partial charge in [-0.1, -0.05) is 34.6 Å². The van der Waals surface area contributed by atoms with Crippen LogP contribution >= 0.6 is 0 Å². The number of carbonyl (C=O) groups is 1.